The smallest absolute Gasteiger partial charge is 0.306 e. The van der Waals surface area contributed by atoms with Gasteiger partial charge in [-0.2, -0.15) is 9.61 Å². The summed E-state index contributed by atoms with van der Waals surface area (Å²) >= 11 is 1.29. The molecule has 0 N–H and O–H groups in total. The van der Waals surface area contributed by atoms with Crippen LogP contribution in [0.25, 0.3) is 4.96 Å². The van der Waals surface area contributed by atoms with Crippen LogP contribution in [0, 0.1) is 24.7 Å². The number of rotatable bonds is 4. The van der Waals surface area contributed by atoms with E-state index in [1.807, 2.05) is 0 Å². The Morgan fingerprint density at radius 3 is 3.04 bits per heavy atom. The van der Waals surface area contributed by atoms with Crippen molar-refractivity contribution >= 4 is 22.3 Å². The third kappa shape index (κ3) is 2.89. The van der Waals surface area contributed by atoms with E-state index in [9.17, 15) is 9.59 Å². The van der Waals surface area contributed by atoms with Crippen LogP contribution in [0.4, 0.5) is 0 Å². The van der Waals surface area contributed by atoms with Crippen molar-refractivity contribution in [3.8, 4) is 0 Å². The van der Waals surface area contributed by atoms with Crippen molar-refractivity contribution in [1.82, 2.24) is 14.6 Å². The predicted molar refractivity (Wildman–Crippen MR) is 85.2 cm³/mol. The number of fused-ring (bicyclic) bond motifs is 3. The van der Waals surface area contributed by atoms with Gasteiger partial charge in [0.25, 0.3) is 5.56 Å². The topological polar surface area (TPSA) is 73.6 Å². The number of nitrogens with zero attached hydrogens (tertiary/aromatic N) is 3. The molecular formula is C16H19N3O3S. The van der Waals surface area contributed by atoms with Gasteiger partial charge in [0.1, 0.15) is 6.61 Å². The second kappa shape index (κ2) is 5.70. The fourth-order valence-corrected chi connectivity index (χ4v) is 4.92. The molecule has 3 atom stereocenters. The Labute approximate surface area is 137 Å². The minimum Gasteiger partial charge on any atom is -0.458 e. The largest absolute Gasteiger partial charge is 0.458 e. The summed E-state index contributed by atoms with van der Waals surface area (Å²) in [6.45, 7) is 1.89. The predicted octanol–water partition coefficient (Wildman–Crippen LogP) is 2.33. The van der Waals surface area contributed by atoms with Crippen molar-refractivity contribution in [3.05, 3.63) is 27.1 Å². The van der Waals surface area contributed by atoms with E-state index in [-0.39, 0.29) is 18.1 Å². The highest BCUT2D eigenvalue weighted by Gasteiger charge is 2.40. The third-order valence-corrected chi connectivity index (χ3v) is 5.97. The Hall–Kier alpha value is -1.76. The Morgan fingerprint density at radius 1 is 1.43 bits per heavy atom. The van der Waals surface area contributed by atoms with Gasteiger partial charge in [0.15, 0.2) is 5.01 Å². The number of hydrogen-bond acceptors (Lipinski definition) is 6. The lowest BCUT2D eigenvalue weighted by Gasteiger charge is -2.20. The third-order valence-electron chi connectivity index (χ3n) is 5.08. The summed E-state index contributed by atoms with van der Waals surface area (Å²) in [6, 6.07) is 1.44. The maximum absolute atomic E-state index is 12.1. The van der Waals surface area contributed by atoms with Crippen molar-refractivity contribution in [2.45, 2.75) is 45.6 Å². The lowest BCUT2D eigenvalue weighted by atomic mass is 9.86. The van der Waals surface area contributed by atoms with E-state index in [0.29, 0.717) is 28.0 Å². The Kier molecular flexibility index (Phi) is 3.67. The molecule has 0 amide bonds. The summed E-state index contributed by atoms with van der Waals surface area (Å²) in [4.78, 5) is 28.7. The van der Waals surface area contributed by atoms with Crippen molar-refractivity contribution in [2.75, 3.05) is 0 Å². The van der Waals surface area contributed by atoms with Crippen LogP contribution in [-0.2, 0) is 16.1 Å². The van der Waals surface area contributed by atoms with Crippen LogP contribution in [0.1, 0.15) is 42.8 Å². The molecule has 2 aromatic heterocycles. The Morgan fingerprint density at radius 2 is 2.30 bits per heavy atom. The quantitative estimate of drug-likeness (QED) is 0.803. The molecule has 2 aromatic rings. The first kappa shape index (κ1) is 14.8. The van der Waals surface area contributed by atoms with Crippen molar-refractivity contribution < 1.29 is 9.53 Å². The molecule has 0 radical (unpaired) electrons. The van der Waals surface area contributed by atoms with Gasteiger partial charge in [0.2, 0.25) is 4.96 Å². The minimum absolute atomic E-state index is 0.117. The molecule has 2 fully saturated rings. The lowest BCUT2D eigenvalue weighted by Crippen LogP contribution is -2.17. The average Bonchev–Trinajstić information content (AvgIpc) is 3.19. The van der Waals surface area contributed by atoms with Crippen LogP contribution < -0.4 is 5.56 Å². The van der Waals surface area contributed by atoms with Crippen LogP contribution in [-0.4, -0.2) is 20.6 Å². The molecule has 4 rings (SSSR count). The number of ether oxygens (including phenoxy) is 1. The number of esters is 1. The zero-order chi connectivity index (χ0) is 16.0. The van der Waals surface area contributed by atoms with Crippen LogP contribution in [0.15, 0.2) is 10.9 Å². The molecule has 0 aliphatic heterocycles. The Balaban J connectivity index is 1.38. The molecule has 2 bridgehead atoms. The standard InChI is InChI=1S/C16H19N3O3S/c1-9-4-14(20)19-16(17-9)23-13(18-19)8-22-15(21)7-12-6-10-2-3-11(12)5-10/h4,10-12H,2-3,5-8H2,1H3/t10-,11-,12+/m1/s1. The molecule has 2 aliphatic rings. The summed E-state index contributed by atoms with van der Waals surface area (Å²) < 4.78 is 6.62. The fourth-order valence-electron chi connectivity index (χ4n) is 4.06. The van der Waals surface area contributed by atoms with Gasteiger partial charge in [-0.05, 0) is 43.9 Å². The summed E-state index contributed by atoms with van der Waals surface area (Å²) in [5.41, 5.74) is 0.460. The van der Waals surface area contributed by atoms with Crippen LogP contribution in [0.5, 0.6) is 0 Å². The van der Waals surface area contributed by atoms with E-state index < -0.39 is 0 Å². The number of carbonyl (C=O) groups is 1. The van der Waals surface area contributed by atoms with E-state index in [1.54, 1.807) is 6.92 Å². The summed E-state index contributed by atoms with van der Waals surface area (Å²) in [6.07, 6.45) is 5.60. The molecule has 6 nitrogen and oxygen atoms in total. The summed E-state index contributed by atoms with van der Waals surface area (Å²) in [5.74, 6) is 1.91. The van der Waals surface area contributed by atoms with Crippen LogP contribution >= 0.6 is 11.3 Å². The first-order valence-electron chi connectivity index (χ1n) is 8.10. The molecule has 2 saturated carbocycles. The highest BCUT2D eigenvalue weighted by atomic mass is 32.1. The number of aromatic nitrogens is 3. The number of carbonyl (C=O) groups excluding carboxylic acids is 1. The Bertz CT molecular complexity index is 812. The van der Waals surface area contributed by atoms with Gasteiger partial charge in [-0.15, -0.1) is 0 Å². The van der Waals surface area contributed by atoms with Crippen molar-refractivity contribution in [3.63, 3.8) is 0 Å². The average molecular weight is 333 g/mol. The highest BCUT2D eigenvalue weighted by molar-refractivity contribution is 7.16. The van der Waals surface area contributed by atoms with E-state index in [4.69, 9.17) is 4.74 Å². The maximum Gasteiger partial charge on any atom is 0.306 e. The molecule has 0 unspecified atom stereocenters. The molecule has 0 saturated heterocycles. The monoisotopic (exact) mass is 333 g/mol. The fraction of sp³-hybridized carbons (Fsp3) is 0.625. The van der Waals surface area contributed by atoms with E-state index in [2.05, 4.69) is 10.1 Å². The number of aryl methyl sites for hydroxylation is 1. The van der Waals surface area contributed by atoms with E-state index in [1.165, 1.54) is 47.6 Å². The van der Waals surface area contributed by atoms with Gasteiger partial charge in [-0.1, -0.05) is 17.8 Å². The van der Waals surface area contributed by atoms with Crippen molar-refractivity contribution in [2.24, 2.45) is 17.8 Å². The van der Waals surface area contributed by atoms with Gasteiger partial charge in [-0.3, -0.25) is 9.59 Å². The zero-order valence-electron chi connectivity index (χ0n) is 13.0. The SMILES string of the molecule is Cc1cc(=O)n2nc(COC(=O)C[C@@H]3C[C@@H]4CC[C@@H]3C4)sc2n1. The highest BCUT2D eigenvalue weighted by Crippen LogP contribution is 2.49. The first-order valence-corrected chi connectivity index (χ1v) is 8.92. The molecule has 0 spiro atoms. The van der Waals surface area contributed by atoms with Gasteiger partial charge >= 0.3 is 5.97 Å². The first-order chi connectivity index (χ1) is 11.1. The van der Waals surface area contributed by atoms with E-state index >= 15 is 0 Å². The maximum atomic E-state index is 12.1. The molecule has 7 heteroatoms. The normalized spacial score (nSPS) is 26.0. The molecule has 0 aromatic carbocycles. The molecule has 2 aliphatic carbocycles. The zero-order valence-corrected chi connectivity index (χ0v) is 13.8. The molecule has 23 heavy (non-hydrogen) atoms. The van der Waals surface area contributed by atoms with Gasteiger partial charge < -0.3 is 4.74 Å². The lowest BCUT2D eigenvalue weighted by molar-refractivity contribution is -0.146. The van der Waals surface area contributed by atoms with Crippen molar-refractivity contribution in [1.29, 1.82) is 0 Å². The van der Waals surface area contributed by atoms with Crippen LogP contribution in [0.2, 0.25) is 0 Å². The summed E-state index contributed by atoms with van der Waals surface area (Å²) in [7, 11) is 0. The van der Waals surface area contributed by atoms with Crippen LogP contribution in [0.3, 0.4) is 0 Å². The molecule has 2 heterocycles. The van der Waals surface area contributed by atoms with Gasteiger partial charge in [0, 0.05) is 18.2 Å². The molecular weight excluding hydrogens is 314 g/mol. The molecule has 122 valence electrons. The van der Waals surface area contributed by atoms with Gasteiger partial charge in [-0.25, -0.2) is 4.98 Å². The second-order valence-electron chi connectivity index (χ2n) is 6.73. The van der Waals surface area contributed by atoms with Gasteiger partial charge in [0.05, 0.1) is 0 Å². The number of hydrogen-bond donors (Lipinski definition) is 0. The van der Waals surface area contributed by atoms with E-state index in [0.717, 1.165) is 11.8 Å². The second-order valence-corrected chi connectivity index (χ2v) is 7.77. The summed E-state index contributed by atoms with van der Waals surface area (Å²) in [5, 5.41) is 4.78. The minimum atomic E-state index is -0.205.